The van der Waals surface area contributed by atoms with Crippen molar-refractivity contribution in [1.82, 2.24) is 5.32 Å². The number of carbonyl (C=O) groups is 1. The van der Waals surface area contributed by atoms with Crippen LogP contribution in [0.2, 0.25) is 0 Å². The third-order valence-corrected chi connectivity index (χ3v) is 3.55. The average Bonchev–Trinajstić information content (AvgIpc) is 2.46. The summed E-state index contributed by atoms with van der Waals surface area (Å²) in [6, 6.07) is 8.23. The third kappa shape index (κ3) is 4.51. The summed E-state index contributed by atoms with van der Waals surface area (Å²) in [7, 11) is 4.03. The molecule has 0 unspecified atom stereocenters. The highest BCUT2D eigenvalue weighted by Gasteiger charge is 2.17. The maximum atomic E-state index is 11.9. The minimum atomic E-state index is 0.110. The number of nitrogens with zero attached hydrogens (tertiary/aromatic N) is 1. The minimum absolute atomic E-state index is 0.110. The quantitative estimate of drug-likeness (QED) is 0.747. The Kier molecular flexibility index (Phi) is 5.38. The van der Waals surface area contributed by atoms with Gasteiger partial charge in [0.25, 0.3) is 5.91 Å². The van der Waals surface area contributed by atoms with Gasteiger partial charge in [-0.25, -0.2) is 0 Å². The van der Waals surface area contributed by atoms with Gasteiger partial charge in [0.15, 0.2) is 6.54 Å². The Morgan fingerprint density at radius 3 is 2.50 bits per heavy atom. The van der Waals surface area contributed by atoms with Crippen molar-refractivity contribution in [3.05, 3.63) is 29.8 Å². The molecular weight excluding hydrogens is 254 g/mol. The number of hydrogen-bond donors (Lipinski definition) is 2. The molecule has 1 aliphatic rings. The molecule has 2 N–H and O–H groups in total. The zero-order valence-electron chi connectivity index (χ0n) is 12.3. The molecular formula is C15H24N3O2+. The summed E-state index contributed by atoms with van der Waals surface area (Å²) in [5.74, 6) is 0.110. The summed E-state index contributed by atoms with van der Waals surface area (Å²) >= 11 is 0. The number of nitrogens with one attached hydrogen (secondary N) is 2. The lowest BCUT2D eigenvalue weighted by Crippen LogP contribution is -3.15. The first kappa shape index (κ1) is 14.8. The van der Waals surface area contributed by atoms with Gasteiger partial charge < -0.3 is 19.9 Å². The van der Waals surface area contributed by atoms with Crippen molar-refractivity contribution < 1.29 is 14.4 Å². The van der Waals surface area contributed by atoms with Crippen molar-refractivity contribution in [3.8, 4) is 0 Å². The van der Waals surface area contributed by atoms with E-state index in [4.69, 9.17) is 4.74 Å². The Bertz CT molecular complexity index is 425. The number of carbonyl (C=O) groups excluding carboxylic acids is 1. The molecule has 0 saturated carbocycles. The maximum absolute atomic E-state index is 11.9. The van der Waals surface area contributed by atoms with Crippen LogP contribution < -0.4 is 15.1 Å². The second kappa shape index (κ2) is 7.26. The van der Waals surface area contributed by atoms with Gasteiger partial charge in [0.2, 0.25) is 0 Å². The molecule has 1 amide bonds. The molecule has 5 heteroatoms. The molecule has 0 radical (unpaired) electrons. The largest absolute Gasteiger partial charge is 0.378 e. The normalized spacial score (nSPS) is 15.9. The fourth-order valence-electron chi connectivity index (χ4n) is 2.24. The molecule has 1 aromatic rings. The Labute approximate surface area is 120 Å². The van der Waals surface area contributed by atoms with E-state index < -0.39 is 0 Å². The summed E-state index contributed by atoms with van der Waals surface area (Å²) in [4.78, 5) is 15.2. The van der Waals surface area contributed by atoms with Crippen LogP contribution in [-0.4, -0.2) is 52.9 Å². The smallest absolute Gasteiger partial charge is 0.275 e. The monoisotopic (exact) mass is 278 g/mol. The van der Waals surface area contributed by atoms with Gasteiger partial charge in [-0.2, -0.15) is 0 Å². The third-order valence-electron chi connectivity index (χ3n) is 3.55. The number of morpholine rings is 1. The van der Waals surface area contributed by atoms with Gasteiger partial charge in [-0.1, -0.05) is 12.1 Å². The second-order valence-corrected chi connectivity index (χ2v) is 5.38. The van der Waals surface area contributed by atoms with Gasteiger partial charge in [0.05, 0.1) is 13.2 Å². The van der Waals surface area contributed by atoms with E-state index in [0.29, 0.717) is 13.1 Å². The summed E-state index contributed by atoms with van der Waals surface area (Å²) < 4.78 is 5.28. The van der Waals surface area contributed by atoms with Gasteiger partial charge in [-0.05, 0) is 17.7 Å². The molecule has 1 aromatic carbocycles. The van der Waals surface area contributed by atoms with Crippen LogP contribution in [0.25, 0.3) is 0 Å². The predicted molar refractivity (Wildman–Crippen MR) is 79.0 cm³/mol. The van der Waals surface area contributed by atoms with Crippen LogP contribution in [-0.2, 0) is 16.1 Å². The second-order valence-electron chi connectivity index (χ2n) is 5.38. The predicted octanol–water partition coefficient (Wildman–Crippen LogP) is -0.716. The van der Waals surface area contributed by atoms with E-state index in [2.05, 4.69) is 34.5 Å². The number of benzene rings is 1. The van der Waals surface area contributed by atoms with Crippen LogP contribution in [0.15, 0.2) is 24.3 Å². The summed E-state index contributed by atoms with van der Waals surface area (Å²) in [5, 5.41) is 2.98. The van der Waals surface area contributed by atoms with E-state index in [1.807, 2.05) is 14.1 Å². The fraction of sp³-hybridized carbons (Fsp3) is 0.533. The van der Waals surface area contributed by atoms with Crippen LogP contribution in [0.3, 0.4) is 0 Å². The Hall–Kier alpha value is -1.59. The molecule has 1 aliphatic heterocycles. The summed E-state index contributed by atoms with van der Waals surface area (Å²) in [5.41, 5.74) is 2.29. The van der Waals surface area contributed by atoms with Crippen molar-refractivity contribution in [2.24, 2.45) is 0 Å². The molecule has 110 valence electrons. The van der Waals surface area contributed by atoms with Gasteiger partial charge in [-0.15, -0.1) is 0 Å². The number of ether oxygens (including phenoxy) is 1. The van der Waals surface area contributed by atoms with Crippen molar-refractivity contribution in [2.45, 2.75) is 6.54 Å². The Morgan fingerprint density at radius 2 is 1.90 bits per heavy atom. The number of rotatable bonds is 5. The highest BCUT2D eigenvalue weighted by atomic mass is 16.5. The number of quaternary nitrogens is 1. The number of hydrogen-bond acceptors (Lipinski definition) is 3. The summed E-state index contributed by atoms with van der Waals surface area (Å²) in [6.07, 6.45) is 0. The lowest BCUT2D eigenvalue weighted by atomic mass is 10.2. The lowest BCUT2D eigenvalue weighted by molar-refractivity contribution is -0.900. The zero-order valence-corrected chi connectivity index (χ0v) is 12.3. The first-order valence-electron chi connectivity index (χ1n) is 7.09. The van der Waals surface area contributed by atoms with Crippen molar-refractivity contribution in [3.63, 3.8) is 0 Å². The molecule has 1 saturated heterocycles. The maximum Gasteiger partial charge on any atom is 0.275 e. The first-order chi connectivity index (χ1) is 9.65. The fourth-order valence-corrected chi connectivity index (χ4v) is 2.24. The average molecular weight is 278 g/mol. The molecule has 0 spiro atoms. The SMILES string of the molecule is CN(C)c1ccc(CNC(=O)C[NH+]2CCOCC2)cc1. The van der Waals surface area contributed by atoms with Crippen LogP contribution in [0.4, 0.5) is 5.69 Å². The minimum Gasteiger partial charge on any atom is -0.378 e. The van der Waals surface area contributed by atoms with E-state index in [9.17, 15) is 4.79 Å². The van der Waals surface area contributed by atoms with Crippen molar-refractivity contribution >= 4 is 11.6 Å². The summed E-state index contributed by atoms with van der Waals surface area (Å²) in [6.45, 7) is 4.49. The van der Waals surface area contributed by atoms with Gasteiger partial charge in [0, 0.05) is 26.3 Å². The zero-order chi connectivity index (χ0) is 14.4. The van der Waals surface area contributed by atoms with Crippen LogP contribution in [0, 0.1) is 0 Å². The van der Waals surface area contributed by atoms with E-state index in [-0.39, 0.29) is 5.91 Å². The highest BCUT2D eigenvalue weighted by molar-refractivity contribution is 5.76. The number of anilines is 1. The van der Waals surface area contributed by atoms with Crippen LogP contribution >= 0.6 is 0 Å². The topological polar surface area (TPSA) is 46.0 Å². The van der Waals surface area contributed by atoms with E-state index in [1.54, 1.807) is 0 Å². The van der Waals surface area contributed by atoms with Crippen LogP contribution in [0.5, 0.6) is 0 Å². The molecule has 0 aliphatic carbocycles. The number of amides is 1. The lowest BCUT2D eigenvalue weighted by Gasteiger charge is -2.23. The molecule has 0 atom stereocenters. The van der Waals surface area contributed by atoms with Gasteiger partial charge in [0.1, 0.15) is 13.1 Å². The van der Waals surface area contributed by atoms with Gasteiger partial charge >= 0.3 is 0 Å². The first-order valence-corrected chi connectivity index (χ1v) is 7.09. The van der Waals surface area contributed by atoms with Crippen LogP contribution in [0.1, 0.15) is 5.56 Å². The van der Waals surface area contributed by atoms with E-state index in [0.717, 1.165) is 37.6 Å². The molecule has 1 fully saturated rings. The van der Waals surface area contributed by atoms with E-state index in [1.165, 1.54) is 4.90 Å². The Morgan fingerprint density at radius 1 is 1.25 bits per heavy atom. The molecule has 1 heterocycles. The Balaban J connectivity index is 1.74. The van der Waals surface area contributed by atoms with Crippen molar-refractivity contribution in [2.75, 3.05) is 51.8 Å². The molecule has 5 nitrogen and oxygen atoms in total. The van der Waals surface area contributed by atoms with Gasteiger partial charge in [-0.3, -0.25) is 4.79 Å². The highest BCUT2D eigenvalue weighted by Crippen LogP contribution is 2.11. The standard InChI is InChI=1S/C15H23N3O2/c1-17(2)14-5-3-13(4-6-14)11-16-15(19)12-18-7-9-20-10-8-18/h3-6H,7-12H2,1-2H3,(H,16,19)/p+1. The molecule has 20 heavy (non-hydrogen) atoms. The van der Waals surface area contributed by atoms with E-state index >= 15 is 0 Å². The molecule has 0 aromatic heterocycles. The van der Waals surface area contributed by atoms with Crippen molar-refractivity contribution in [1.29, 1.82) is 0 Å². The molecule has 2 rings (SSSR count). The molecule has 0 bridgehead atoms.